The number of fused-ring (bicyclic) bond motifs is 1. The highest BCUT2D eigenvalue weighted by Gasteiger charge is 2.27. The molecule has 0 saturated heterocycles. The van der Waals surface area contributed by atoms with Gasteiger partial charge in [-0.15, -0.1) is 0 Å². The monoisotopic (exact) mass is 288 g/mol. The van der Waals surface area contributed by atoms with E-state index < -0.39 is 12.0 Å². The second kappa shape index (κ2) is 6.43. The highest BCUT2D eigenvalue weighted by molar-refractivity contribution is 5.99. The fourth-order valence-electron chi connectivity index (χ4n) is 2.22. The van der Waals surface area contributed by atoms with E-state index in [4.69, 9.17) is 4.74 Å². The summed E-state index contributed by atoms with van der Waals surface area (Å²) in [7, 11) is 1.33. The van der Waals surface area contributed by atoms with Gasteiger partial charge in [0.15, 0.2) is 0 Å². The second-order valence-electron chi connectivity index (χ2n) is 5.14. The number of carbonyl (C=O) groups excluding carboxylic acids is 2. The average Bonchev–Trinajstić information content (AvgIpc) is 2.98. The van der Waals surface area contributed by atoms with Crippen LogP contribution in [0.1, 0.15) is 30.6 Å². The predicted molar refractivity (Wildman–Crippen MR) is 81.0 cm³/mol. The molecule has 5 nitrogen and oxygen atoms in total. The summed E-state index contributed by atoms with van der Waals surface area (Å²) in [6, 6.07) is 6.65. The van der Waals surface area contributed by atoms with Crippen molar-refractivity contribution in [3.8, 4) is 0 Å². The summed E-state index contributed by atoms with van der Waals surface area (Å²) in [5.41, 5.74) is 1.50. The maximum Gasteiger partial charge on any atom is 0.328 e. The van der Waals surface area contributed by atoms with Gasteiger partial charge >= 0.3 is 5.97 Å². The zero-order chi connectivity index (χ0) is 15.4. The summed E-state index contributed by atoms with van der Waals surface area (Å²) in [6.45, 7) is 3.88. The Bertz CT molecular complexity index is 648. The van der Waals surface area contributed by atoms with E-state index in [0.717, 1.165) is 17.3 Å². The molecule has 1 amide bonds. The minimum atomic E-state index is -0.630. The molecule has 0 spiro atoms. The lowest BCUT2D eigenvalue weighted by atomic mass is 9.98. The van der Waals surface area contributed by atoms with Crippen molar-refractivity contribution in [2.24, 2.45) is 5.92 Å². The molecule has 0 aliphatic carbocycles. The van der Waals surface area contributed by atoms with Gasteiger partial charge < -0.3 is 15.0 Å². The molecule has 0 radical (unpaired) electrons. The molecule has 2 rings (SSSR count). The minimum absolute atomic E-state index is 0.0115. The van der Waals surface area contributed by atoms with Crippen molar-refractivity contribution in [3.05, 3.63) is 36.0 Å². The largest absolute Gasteiger partial charge is 0.467 e. The van der Waals surface area contributed by atoms with Crippen molar-refractivity contribution in [3.63, 3.8) is 0 Å². The predicted octanol–water partition coefficient (Wildman–Crippen LogP) is 2.49. The van der Waals surface area contributed by atoms with Crippen molar-refractivity contribution in [2.45, 2.75) is 26.3 Å². The van der Waals surface area contributed by atoms with Crippen LogP contribution in [-0.4, -0.2) is 30.0 Å². The fraction of sp³-hybridized carbons (Fsp3) is 0.375. The molecule has 2 aromatic rings. The van der Waals surface area contributed by atoms with Gasteiger partial charge in [0.05, 0.1) is 7.11 Å². The van der Waals surface area contributed by atoms with Crippen molar-refractivity contribution >= 4 is 22.8 Å². The second-order valence-corrected chi connectivity index (χ2v) is 5.14. The summed E-state index contributed by atoms with van der Waals surface area (Å²) in [5, 5.41) is 3.73. The highest BCUT2D eigenvalue weighted by atomic mass is 16.5. The number of ether oxygens (including phenoxy) is 1. The third kappa shape index (κ3) is 3.24. The topological polar surface area (TPSA) is 71.2 Å². The Kier molecular flexibility index (Phi) is 4.62. The first kappa shape index (κ1) is 15.1. The van der Waals surface area contributed by atoms with E-state index in [9.17, 15) is 9.59 Å². The first-order valence-corrected chi connectivity index (χ1v) is 7.02. The molecule has 5 heteroatoms. The maximum atomic E-state index is 12.3. The zero-order valence-corrected chi connectivity index (χ0v) is 12.5. The van der Waals surface area contributed by atoms with Crippen LogP contribution >= 0.6 is 0 Å². The zero-order valence-electron chi connectivity index (χ0n) is 12.5. The number of amides is 1. The Hall–Kier alpha value is -2.30. The highest BCUT2D eigenvalue weighted by Crippen LogP contribution is 2.15. The van der Waals surface area contributed by atoms with E-state index >= 15 is 0 Å². The van der Waals surface area contributed by atoms with Crippen molar-refractivity contribution < 1.29 is 14.3 Å². The van der Waals surface area contributed by atoms with Crippen LogP contribution in [0.5, 0.6) is 0 Å². The Morgan fingerprint density at radius 1 is 1.33 bits per heavy atom. The standard InChI is InChI=1S/C16H20N2O3/c1-4-10(2)14(16(20)21-3)18-15(19)12-5-6-13-11(9-12)7-8-17-13/h5-10,14,17H,4H2,1-3H3,(H,18,19)/t10-,14+/m1/s1. The van der Waals surface area contributed by atoms with E-state index in [2.05, 4.69) is 10.3 Å². The molecular formula is C16H20N2O3. The number of aromatic nitrogens is 1. The van der Waals surface area contributed by atoms with Gasteiger partial charge in [-0.2, -0.15) is 0 Å². The number of hydrogen-bond acceptors (Lipinski definition) is 3. The lowest BCUT2D eigenvalue weighted by molar-refractivity contribution is -0.144. The van der Waals surface area contributed by atoms with Crippen LogP contribution in [0.25, 0.3) is 10.9 Å². The minimum Gasteiger partial charge on any atom is -0.467 e. The molecule has 2 atom stereocenters. The Morgan fingerprint density at radius 3 is 2.76 bits per heavy atom. The number of aromatic amines is 1. The van der Waals surface area contributed by atoms with E-state index in [1.165, 1.54) is 7.11 Å². The van der Waals surface area contributed by atoms with Gasteiger partial charge in [0.1, 0.15) is 6.04 Å². The number of carbonyl (C=O) groups is 2. The maximum absolute atomic E-state index is 12.3. The molecule has 1 aromatic carbocycles. The van der Waals surface area contributed by atoms with Crippen LogP contribution < -0.4 is 5.32 Å². The van der Waals surface area contributed by atoms with Gasteiger partial charge in [-0.3, -0.25) is 4.79 Å². The lowest BCUT2D eigenvalue weighted by Crippen LogP contribution is -2.45. The molecular weight excluding hydrogens is 268 g/mol. The quantitative estimate of drug-likeness (QED) is 0.830. The number of H-pyrrole nitrogens is 1. The Morgan fingerprint density at radius 2 is 2.10 bits per heavy atom. The number of hydrogen-bond donors (Lipinski definition) is 2. The van der Waals surface area contributed by atoms with Crippen molar-refractivity contribution in [1.82, 2.24) is 10.3 Å². The summed E-state index contributed by atoms with van der Waals surface area (Å²) in [4.78, 5) is 27.2. The number of esters is 1. The summed E-state index contributed by atoms with van der Waals surface area (Å²) in [5.74, 6) is -0.674. The fourth-order valence-corrected chi connectivity index (χ4v) is 2.22. The van der Waals surface area contributed by atoms with Crippen LogP contribution in [0.3, 0.4) is 0 Å². The van der Waals surface area contributed by atoms with Crippen LogP contribution in [-0.2, 0) is 9.53 Å². The molecule has 21 heavy (non-hydrogen) atoms. The molecule has 0 aliphatic rings. The van der Waals surface area contributed by atoms with Gasteiger partial charge in [-0.05, 0) is 30.2 Å². The summed E-state index contributed by atoms with van der Waals surface area (Å²) in [6.07, 6.45) is 2.60. The Labute approximate surface area is 123 Å². The van der Waals surface area contributed by atoms with E-state index in [1.807, 2.05) is 32.2 Å². The number of rotatable bonds is 5. The van der Waals surface area contributed by atoms with Gasteiger partial charge in [0.25, 0.3) is 5.91 Å². The molecule has 1 heterocycles. The molecule has 0 fully saturated rings. The SMILES string of the molecule is CC[C@@H](C)[C@H](NC(=O)c1ccc2[nH]ccc2c1)C(=O)OC. The van der Waals surface area contributed by atoms with Crippen molar-refractivity contribution in [1.29, 1.82) is 0 Å². The normalized spacial score (nSPS) is 13.7. The lowest BCUT2D eigenvalue weighted by Gasteiger charge is -2.21. The molecule has 1 aromatic heterocycles. The molecule has 0 bridgehead atoms. The van der Waals surface area contributed by atoms with E-state index in [-0.39, 0.29) is 11.8 Å². The Balaban J connectivity index is 2.19. The van der Waals surface area contributed by atoms with Crippen LogP contribution in [0.4, 0.5) is 0 Å². The molecule has 112 valence electrons. The van der Waals surface area contributed by atoms with Gasteiger partial charge in [-0.1, -0.05) is 20.3 Å². The summed E-state index contributed by atoms with van der Waals surface area (Å²) >= 11 is 0. The smallest absolute Gasteiger partial charge is 0.328 e. The molecule has 0 unspecified atom stereocenters. The van der Waals surface area contributed by atoms with E-state index in [1.54, 1.807) is 12.1 Å². The molecule has 2 N–H and O–H groups in total. The number of benzene rings is 1. The van der Waals surface area contributed by atoms with Gasteiger partial charge in [0, 0.05) is 22.7 Å². The average molecular weight is 288 g/mol. The van der Waals surface area contributed by atoms with Gasteiger partial charge in [0.2, 0.25) is 0 Å². The molecule has 0 aliphatic heterocycles. The number of nitrogens with one attached hydrogen (secondary N) is 2. The van der Waals surface area contributed by atoms with Crippen LogP contribution in [0.15, 0.2) is 30.5 Å². The third-order valence-electron chi connectivity index (χ3n) is 3.77. The summed E-state index contributed by atoms with van der Waals surface area (Å²) < 4.78 is 4.77. The van der Waals surface area contributed by atoms with Gasteiger partial charge in [-0.25, -0.2) is 4.79 Å². The number of methoxy groups -OCH3 is 1. The van der Waals surface area contributed by atoms with Crippen molar-refractivity contribution in [2.75, 3.05) is 7.11 Å². The molecule has 0 saturated carbocycles. The van der Waals surface area contributed by atoms with Crippen LogP contribution in [0.2, 0.25) is 0 Å². The van der Waals surface area contributed by atoms with E-state index in [0.29, 0.717) is 5.56 Å². The van der Waals surface area contributed by atoms with Crippen LogP contribution in [0, 0.1) is 5.92 Å². The first-order chi connectivity index (χ1) is 10.1. The first-order valence-electron chi connectivity index (χ1n) is 7.02. The third-order valence-corrected chi connectivity index (χ3v) is 3.77.